The molecule has 2 rings (SSSR count). The van der Waals surface area contributed by atoms with Gasteiger partial charge >= 0.3 is 13.1 Å². The molecule has 0 saturated heterocycles. The molecule has 0 spiro atoms. The summed E-state index contributed by atoms with van der Waals surface area (Å²) in [6, 6.07) is 9.07. The molecule has 27 heavy (non-hydrogen) atoms. The smallest absolute Gasteiger partial charge is 0.454 e. The number of hydrogen-bond acceptors (Lipinski definition) is 7. The Labute approximate surface area is 157 Å². The highest BCUT2D eigenvalue weighted by Gasteiger charge is 2.27. The van der Waals surface area contributed by atoms with Gasteiger partial charge < -0.3 is 20.1 Å². The minimum Gasteiger partial charge on any atom is -0.454 e. The monoisotopic (exact) mass is 374 g/mol. The molecule has 1 aromatic carbocycles. The van der Waals surface area contributed by atoms with Gasteiger partial charge in [0.1, 0.15) is 11.9 Å². The molecule has 1 aromatic heterocycles. The zero-order chi connectivity index (χ0) is 20.0. The fourth-order valence-corrected chi connectivity index (χ4v) is 2.25. The molecule has 1 heterocycles. The molecule has 0 aliphatic rings. The molecule has 10 heteroatoms. The third-order valence-electron chi connectivity index (χ3n) is 3.42. The van der Waals surface area contributed by atoms with E-state index < -0.39 is 24.6 Å². The van der Waals surface area contributed by atoms with E-state index in [0.717, 1.165) is 5.56 Å². The minimum absolute atomic E-state index is 0.0754. The third kappa shape index (κ3) is 6.84. The van der Waals surface area contributed by atoms with Crippen LogP contribution in [0, 0.1) is 0 Å². The van der Waals surface area contributed by atoms with E-state index in [4.69, 9.17) is 4.74 Å². The predicted octanol–water partition coefficient (Wildman–Crippen LogP) is -0.0271. The van der Waals surface area contributed by atoms with Gasteiger partial charge in [-0.3, -0.25) is 9.48 Å². The lowest BCUT2D eigenvalue weighted by Gasteiger charge is -2.18. The normalized spacial score (nSPS) is 12.3. The molecule has 2 aromatic rings. The standard InChI is InChI=1S/C17H23BN4O5/c1-17(2,3)27-16(24)15-19-11-22(21-15)10-13(18(25)26)20-14(23)9-12-7-5-4-6-8-12/h4-8,11,13,25-26H,9-10H2,1-3H3,(H,20,23)/t13-/m1/s1. The van der Waals surface area contributed by atoms with Crippen LogP contribution in [0.5, 0.6) is 0 Å². The average molecular weight is 374 g/mol. The predicted molar refractivity (Wildman–Crippen MR) is 97.5 cm³/mol. The van der Waals surface area contributed by atoms with Crippen molar-refractivity contribution in [2.24, 2.45) is 0 Å². The number of nitrogens with zero attached hydrogens (tertiary/aromatic N) is 3. The number of nitrogens with one attached hydrogen (secondary N) is 1. The van der Waals surface area contributed by atoms with Gasteiger partial charge in [0.25, 0.3) is 5.82 Å². The topological polar surface area (TPSA) is 127 Å². The van der Waals surface area contributed by atoms with Crippen LogP contribution in [0.25, 0.3) is 0 Å². The van der Waals surface area contributed by atoms with Crippen LogP contribution in [-0.2, 0) is 22.5 Å². The first-order chi connectivity index (χ1) is 12.6. The lowest BCUT2D eigenvalue weighted by molar-refractivity contribution is -0.120. The average Bonchev–Trinajstić information content (AvgIpc) is 3.02. The van der Waals surface area contributed by atoms with Crippen LogP contribution in [0.15, 0.2) is 36.7 Å². The first-order valence-corrected chi connectivity index (χ1v) is 8.46. The molecular formula is C17H23BN4O5. The molecule has 0 fully saturated rings. The zero-order valence-electron chi connectivity index (χ0n) is 15.5. The van der Waals surface area contributed by atoms with E-state index >= 15 is 0 Å². The van der Waals surface area contributed by atoms with Gasteiger partial charge in [-0.05, 0) is 26.3 Å². The van der Waals surface area contributed by atoms with Crippen molar-refractivity contribution in [2.45, 2.75) is 45.3 Å². The lowest BCUT2D eigenvalue weighted by Crippen LogP contribution is -2.49. The van der Waals surface area contributed by atoms with Gasteiger partial charge in [0.05, 0.1) is 18.9 Å². The maximum absolute atomic E-state index is 12.1. The Morgan fingerprint density at radius 1 is 1.26 bits per heavy atom. The van der Waals surface area contributed by atoms with Crippen LogP contribution in [-0.4, -0.2) is 55.3 Å². The molecular weight excluding hydrogens is 351 g/mol. The van der Waals surface area contributed by atoms with E-state index in [9.17, 15) is 19.6 Å². The van der Waals surface area contributed by atoms with E-state index in [0.29, 0.717) is 0 Å². The molecule has 1 atom stereocenters. The highest BCUT2D eigenvalue weighted by Crippen LogP contribution is 2.09. The van der Waals surface area contributed by atoms with Crippen LogP contribution in [0.3, 0.4) is 0 Å². The van der Waals surface area contributed by atoms with Crippen LogP contribution in [0.4, 0.5) is 0 Å². The highest BCUT2D eigenvalue weighted by atomic mass is 16.6. The number of aromatic nitrogens is 3. The van der Waals surface area contributed by atoms with Crippen LogP contribution < -0.4 is 5.32 Å². The molecule has 1 amide bonds. The van der Waals surface area contributed by atoms with Crippen LogP contribution in [0.2, 0.25) is 0 Å². The summed E-state index contributed by atoms with van der Waals surface area (Å²) in [6.45, 7) is 5.10. The van der Waals surface area contributed by atoms with Gasteiger partial charge in [0, 0.05) is 0 Å². The summed E-state index contributed by atoms with van der Waals surface area (Å²) >= 11 is 0. The van der Waals surface area contributed by atoms with E-state index in [1.165, 1.54) is 11.0 Å². The molecule has 144 valence electrons. The number of hydrogen-bond donors (Lipinski definition) is 3. The van der Waals surface area contributed by atoms with Gasteiger partial charge in [-0.1, -0.05) is 30.3 Å². The van der Waals surface area contributed by atoms with Crippen molar-refractivity contribution in [3.63, 3.8) is 0 Å². The fraction of sp³-hybridized carbons (Fsp3) is 0.412. The summed E-state index contributed by atoms with van der Waals surface area (Å²) < 4.78 is 6.42. The fourth-order valence-electron chi connectivity index (χ4n) is 2.25. The molecule has 0 unspecified atom stereocenters. The number of ether oxygens (including phenoxy) is 1. The molecule has 0 bridgehead atoms. The van der Waals surface area contributed by atoms with Crippen LogP contribution >= 0.6 is 0 Å². The maximum atomic E-state index is 12.1. The summed E-state index contributed by atoms with van der Waals surface area (Å²) in [5.41, 5.74) is 0.117. The molecule has 9 nitrogen and oxygen atoms in total. The van der Waals surface area contributed by atoms with Crippen molar-refractivity contribution in [3.05, 3.63) is 48.0 Å². The zero-order valence-corrected chi connectivity index (χ0v) is 15.5. The van der Waals surface area contributed by atoms with E-state index in [1.54, 1.807) is 32.9 Å². The Hall–Kier alpha value is -2.72. The summed E-state index contributed by atoms with van der Waals surface area (Å²) in [6.07, 6.45) is 1.36. The quantitative estimate of drug-likeness (QED) is 0.459. The summed E-state index contributed by atoms with van der Waals surface area (Å²) in [4.78, 5) is 27.9. The van der Waals surface area contributed by atoms with Gasteiger partial charge in [-0.25, -0.2) is 9.78 Å². The largest absolute Gasteiger partial charge is 0.477 e. The second-order valence-electron chi connectivity index (χ2n) is 7.04. The Balaban J connectivity index is 1.98. The Morgan fingerprint density at radius 3 is 2.52 bits per heavy atom. The number of esters is 1. The van der Waals surface area contributed by atoms with Gasteiger partial charge in [-0.15, -0.1) is 5.10 Å². The molecule has 0 aliphatic carbocycles. The SMILES string of the molecule is CC(C)(C)OC(=O)c1ncn(C[C@@H](NC(=O)Cc2ccccc2)B(O)O)n1. The van der Waals surface area contributed by atoms with E-state index in [-0.39, 0.29) is 24.7 Å². The van der Waals surface area contributed by atoms with Crippen molar-refractivity contribution in [1.29, 1.82) is 0 Å². The van der Waals surface area contributed by atoms with E-state index in [1.807, 2.05) is 18.2 Å². The van der Waals surface area contributed by atoms with Crippen molar-refractivity contribution in [3.8, 4) is 0 Å². The molecule has 3 N–H and O–H groups in total. The molecule has 0 saturated carbocycles. The molecule has 0 aliphatic heterocycles. The second-order valence-corrected chi connectivity index (χ2v) is 7.04. The Morgan fingerprint density at radius 2 is 1.93 bits per heavy atom. The number of carbonyl (C=O) groups is 2. The second kappa shape index (κ2) is 8.78. The highest BCUT2D eigenvalue weighted by molar-refractivity contribution is 6.43. The summed E-state index contributed by atoms with van der Waals surface area (Å²) in [5.74, 6) is -2.22. The van der Waals surface area contributed by atoms with Gasteiger partial charge in [0.15, 0.2) is 0 Å². The third-order valence-corrected chi connectivity index (χ3v) is 3.42. The Bertz CT molecular complexity index is 773. The minimum atomic E-state index is -1.81. The van der Waals surface area contributed by atoms with Gasteiger partial charge in [0.2, 0.25) is 5.91 Å². The van der Waals surface area contributed by atoms with Gasteiger partial charge in [-0.2, -0.15) is 0 Å². The number of amides is 1. The summed E-state index contributed by atoms with van der Waals surface area (Å²) in [5, 5.41) is 25.6. The summed E-state index contributed by atoms with van der Waals surface area (Å²) in [7, 11) is -1.81. The first kappa shape index (κ1) is 20.6. The van der Waals surface area contributed by atoms with Crippen molar-refractivity contribution in [2.75, 3.05) is 0 Å². The number of carbonyl (C=O) groups excluding carboxylic acids is 2. The lowest BCUT2D eigenvalue weighted by atomic mass is 9.79. The number of rotatable bonds is 7. The van der Waals surface area contributed by atoms with Crippen molar-refractivity contribution in [1.82, 2.24) is 20.1 Å². The Kier molecular flexibility index (Phi) is 6.70. The van der Waals surface area contributed by atoms with Crippen molar-refractivity contribution >= 4 is 19.0 Å². The number of benzene rings is 1. The maximum Gasteiger partial charge on any atom is 0.477 e. The van der Waals surface area contributed by atoms with Crippen LogP contribution in [0.1, 0.15) is 37.0 Å². The van der Waals surface area contributed by atoms with E-state index in [2.05, 4.69) is 15.4 Å². The van der Waals surface area contributed by atoms with Crippen molar-refractivity contribution < 1.29 is 24.4 Å². The molecule has 0 radical (unpaired) electrons. The first-order valence-electron chi connectivity index (χ1n) is 8.46.